The predicted octanol–water partition coefficient (Wildman–Crippen LogP) is 5.14. The summed E-state index contributed by atoms with van der Waals surface area (Å²) in [7, 11) is -0.472. The SMILES string of the molecule is C[SiH](C)CCC(Cl)c1ccc(C(C)(C)C)cc1. The molecule has 1 rings (SSSR count). The van der Waals surface area contributed by atoms with Gasteiger partial charge < -0.3 is 0 Å². The van der Waals surface area contributed by atoms with E-state index in [1.807, 2.05) is 0 Å². The summed E-state index contributed by atoms with van der Waals surface area (Å²) >= 11 is 6.44. The number of hydrogen-bond donors (Lipinski definition) is 0. The van der Waals surface area contributed by atoms with Gasteiger partial charge in [0.2, 0.25) is 0 Å². The molecule has 1 aromatic rings. The zero-order chi connectivity index (χ0) is 13.1. The molecule has 0 heterocycles. The van der Waals surface area contributed by atoms with Crippen LogP contribution in [0.4, 0.5) is 0 Å². The number of rotatable bonds is 4. The molecule has 0 aromatic heterocycles. The van der Waals surface area contributed by atoms with E-state index in [0.717, 1.165) is 6.42 Å². The van der Waals surface area contributed by atoms with Crippen LogP contribution in [0.25, 0.3) is 0 Å². The molecule has 0 spiro atoms. The molecule has 0 saturated heterocycles. The van der Waals surface area contributed by atoms with Crippen LogP contribution in [0.3, 0.4) is 0 Å². The van der Waals surface area contributed by atoms with Gasteiger partial charge in [0, 0.05) is 8.80 Å². The summed E-state index contributed by atoms with van der Waals surface area (Å²) in [6, 6.07) is 10.2. The molecule has 0 radical (unpaired) electrons. The molecule has 0 aliphatic carbocycles. The minimum Gasteiger partial charge on any atom is -0.118 e. The Morgan fingerprint density at radius 3 is 2.06 bits per heavy atom. The van der Waals surface area contributed by atoms with Gasteiger partial charge >= 0.3 is 0 Å². The first kappa shape index (κ1) is 14.8. The van der Waals surface area contributed by atoms with Crippen LogP contribution in [-0.2, 0) is 5.41 Å². The topological polar surface area (TPSA) is 0 Å². The lowest BCUT2D eigenvalue weighted by molar-refractivity contribution is 0.590. The molecule has 1 atom stereocenters. The fraction of sp³-hybridized carbons (Fsp3) is 0.600. The van der Waals surface area contributed by atoms with Crippen molar-refractivity contribution in [1.29, 1.82) is 0 Å². The Morgan fingerprint density at radius 2 is 1.65 bits per heavy atom. The van der Waals surface area contributed by atoms with Gasteiger partial charge in [-0.05, 0) is 23.0 Å². The Hall–Kier alpha value is -0.273. The molecule has 0 bridgehead atoms. The summed E-state index contributed by atoms with van der Waals surface area (Å²) in [6.07, 6.45) is 1.13. The van der Waals surface area contributed by atoms with Crippen LogP contribution >= 0.6 is 11.6 Å². The van der Waals surface area contributed by atoms with Crippen molar-refractivity contribution in [2.45, 2.75) is 57.1 Å². The van der Waals surface area contributed by atoms with Gasteiger partial charge in [0.25, 0.3) is 0 Å². The van der Waals surface area contributed by atoms with E-state index in [1.165, 1.54) is 17.2 Å². The molecular weight excluding hydrogens is 244 g/mol. The Labute approximate surface area is 113 Å². The van der Waals surface area contributed by atoms with Crippen LogP contribution in [0.1, 0.15) is 43.7 Å². The Kier molecular flexibility index (Phi) is 5.27. The van der Waals surface area contributed by atoms with E-state index in [2.05, 4.69) is 58.1 Å². The highest BCUT2D eigenvalue weighted by Crippen LogP contribution is 2.29. The van der Waals surface area contributed by atoms with Crippen molar-refractivity contribution in [2.75, 3.05) is 0 Å². The van der Waals surface area contributed by atoms with Crippen molar-refractivity contribution in [3.8, 4) is 0 Å². The monoisotopic (exact) mass is 268 g/mol. The van der Waals surface area contributed by atoms with Gasteiger partial charge in [-0.3, -0.25) is 0 Å². The maximum absolute atomic E-state index is 6.44. The fourth-order valence-electron chi connectivity index (χ4n) is 1.84. The van der Waals surface area contributed by atoms with Crippen molar-refractivity contribution in [3.05, 3.63) is 35.4 Å². The van der Waals surface area contributed by atoms with E-state index in [0.29, 0.717) is 0 Å². The smallest absolute Gasteiger partial charge is 0.0582 e. The minimum absolute atomic E-state index is 0.193. The van der Waals surface area contributed by atoms with Gasteiger partial charge in [-0.2, -0.15) is 0 Å². The van der Waals surface area contributed by atoms with Gasteiger partial charge in [-0.25, -0.2) is 0 Å². The molecule has 0 nitrogen and oxygen atoms in total. The van der Waals surface area contributed by atoms with Gasteiger partial charge in [-0.15, -0.1) is 11.6 Å². The van der Waals surface area contributed by atoms with E-state index in [9.17, 15) is 0 Å². The van der Waals surface area contributed by atoms with Gasteiger partial charge in [0.15, 0.2) is 0 Å². The number of hydrogen-bond acceptors (Lipinski definition) is 0. The lowest BCUT2D eigenvalue weighted by Gasteiger charge is -2.20. The van der Waals surface area contributed by atoms with E-state index >= 15 is 0 Å². The van der Waals surface area contributed by atoms with Crippen LogP contribution in [0, 0.1) is 0 Å². The second kappa shape index (κ2) is 6.06. The normalized spacial score (nSPS) is 14.1. The zero-order valence-electron chi connectivity index (χ0n) is 11.8. The van der Waals surface area contributed by atoms with Crippen LogP contribution in [0.5, 0.6) is 0 Å². The minimum atomic E-state index is -0.472. The summed E-state index contributed by atoms with van der Waals surface area (Å²) in [6.45, 7) is 11.5. The second-order valence-electron chi connectivity index (χ2n) is 6.31. The highest BCUT2D eigenvalue weighted by molar-refractivity contribution is 6.55. The average Bonchev–Trinajstić information content (AvgIpc) is 2.25. The Bertz CT molecular complexity index is 335. The maximum Gasteiger partial charge on any atom is 0.0582 e. The van der Waals surface area contributed by atoms with Crippen molar-refractivity contribution < 1.29 is 0 Å². The Morgan fingerprint density at radius 1 is 1.12 bits per heavy atom. The molecule has 0 N–H and O–H groups in total. The standard InChI is InChI=1S/C15H25ClSi/c1-15(2,3)13-8-6-12(7-9-13)14(16)10-11-17(4)5/h6-9,14,17H,10-11H2,1-5H3. The van der Waals surface area contributed by atoms with E-state index < -0.39 is 8.80 Å². The third-order valence-electron chi connectivity index (χ3n) is 3.14. The van der Waals surface area contributed by atoms with Crippen molar-refractivity contribution in [1.82, 2.24) is 0 Å². The van der Waals surface area contributed by atoms with Crippen molar-refractivity contribution in [3.63, 3.8) is 0 Å². The zero-order valence-corrected chi connectivity index (χ0v) is 13.7. The molecule has 0 aliphatic rings. The first-order valence-corrected chi connectivity index (χ1v) is 10.1. The molecule has 0 saturated carbocycles. The maximum atomic E-state index is 6.44. The molecule has 1 unspecified atom stereocenters. The lowest BCUT2D eigenvalue weighted by atomic mass is 9.86. The molecule has 0 fully saturated rings. The third-order valence-corrected chi connectivity index (χ3v) is 5.09. The highest BCUT2D eigenvalue weighted by atomic mass is 35.5. The second-order valence-corrected chi connectivity index (χ2v) is 10.2. The van der Waals surface area contributed by atoms with E-state index in [-0.39, 0.29) is 10.8 Å². The van der Waals surface area contributed by atoms with Crippen LogP contribution < -0.4 is 0 Å². The first-order chi connectivity index (χ1) is 7.80. The molecule has 17 heavy (non-hydrogen) atoms. The van der Waals surface area contributed by atoms with Gasteiger partial charge in [0.1, 0.15) is 0 Å². The average molecular weight is 269 g/mol. The molecule has 0 aliphatic heterocycles. The largest absolute Gasteiger partial charge is 0.118 e. The Balaban J connectivity index is 2.67. The quantitative estimate of drug-likeness (QED) is 0.524. The number of halogens is 1. The molecule has 96 valence electrons. The fourth-order valence-corrected chi connectivity index (χ4v) is 3.32. The summed E-state index contributed by atoms with van der Waals surface area (Å²) < 4.78 is 0. The molecule has 0 amide bonds. The number of benzene rings is 1. The summed E-state index contributed by atoms with van der Waals surface area (Å²) in [5.74, 6) is 0. The summed E-state index contributed by atoms with van der Waals surface area (Å²) in [5, 5.41) is 0.193. The molecular formula is C15H25ClSi. The highest BCUT2D eigenvalue weighted by Gasteiger charge is 2.14. The van der Waals surface area contributed by atoms with Crippen molar-refractivity contribution in [2.24, 2.45) is 0 Å². The van der Waals surface area contributed by atoms with E-state index in [1.54, 1.807) is 0 Å². The third kappa shape index (κ3) is 4.85. The molecule has 2 heteroatoms. The lowest BCUT2D eigenvalue weighted by Crippen LogP contribution is -2.10. The van der Waals surface area contributed by atoms with E-state index in [4.69, 9.17) is 11.6 Å². The van der Waals surface area contributed by atoms with Crippen LogP contribution in [0.15, 0.2) is 24.3 Å². The number of alkyl halides is 1. The van der Waals surface area contributed by atoms with Crippen molar-refractivity contribution >= 4 is 20.4 Å². The first-order valence-electron chi connectivity index (χ1n) is 6.55. The van der Waals surface area contributed by atoms with Crippen LogP contribution in [0.2, 0.25) is 19.1 Å². The van der Waals surface area contributed by atoms with Gasteiger partial charge in [0.05, 0.1) is 5.38 Å². The molecule has 1 aromatic carbocycles. The summed E-state index contributed by atoms with van der Waals surface area (Å²) in [5.41, 5.74) is 2.88. The predicted molar refractivity (Wildman–Crippen MR) is 82.0 cm³/mol. The summed E-state index contributed by atoms with van der Waals surface area (Å²) in [4.78, 5) is 0. The van der Waals surface area contributed by atoms with Gasteiger partial charge in [-0.1, -0.05) is 64.2 Å². The van der Waals surface area contributed by atoms with Crippen LogP contribution in [-0.4, -0.2) is 8.80 Å².